The number of sulfonamides is 1. The second-order valence-corrected chi connectivity index (χ2v) is 6.88. The average molecular weight is 298 g/mol. The number of carbonyl (C=O) groups excluding carboxylic acids is 1. The molecule has 0 bridgehead atoms. The molecule has 0 radical (unpaired) electrons. The summed E-state index contributed by atoms with van der Waals surface area (Å²) in [6.45, 7) is 0.811. The second kappa shape index (κ2) is 7.31. The van der Waals surface area contributed by atoms with Crippen LogP contribution in [0.2, 0.25) is 0 Å². The van der Waals surface area contributed by atoms with Crippen LogP contribution in [0.25, 0.3) is 0 Å². The molecule has 0 saturated carbocycles. The van der Waals surface area contributed by atoms with E-state index in [2.05, 4.69) is 4.74 Å². The average Bonchev–Trinajstić information content (AvgIpc) is 2.38. The Balaban J connectivity index is 2.44. The number of ether oxygens (including phenoxy) is 1. The molecule has 1 heterocycles. The van der Waals surface area contributed by atoms with E-state index in [1.807, 2.05) is 0 Å². The summed E-state index contributed by atoms with van der Waals surface area (Å²) in [5, 5.41) is 0. The van der Waals surface area contributed by atoms with Gasteiger partial charge in [0.15, 0.2) is 0 Å². The number of halogens is 1. The van der Waals surface area contributed by atoms with Gasteiger partial charge in [-0.3, -0.25) is 4.79 Å². The summed E-state index contributed by atoms with van der Waals surface area (Å²) >= 11 is 5.53. The van der Waals surface area contributed by atoms with Gasteiger partial charge in [0.1, 0.15) is 0 Å². The fraction of sp³-hybridized carbons (Fsp3) is 0.909. The third-order valence-electron chi connectivity index (χ3n) is 3.17. The van der Waals surface area contributed by atoms with Crippen molar-refractivity contribution in [1.82, 2.24) is 4.31 Å². The van der Waals surface area contributed by atoms with Crippen LogP contribution in [0.4, 0.5) is 0 Å². The number of hydrogen-bond acceptors (Lipinski definition) is 4. The molecule has 0 aliphatic carbocycles. The van der Waals surface area contributed by atoms with E-state index < -0.39 is 10.0 Å². The van der Waals surface area contributed by atoms with Gasteiger partial charge in [0.25, 0.3) is 0 Å². The minimum absolute atomic E-state index is 0.141. The van der Waals surface area contributed by atoms with Crippen LogP contribution in [0.3, 0.4) is 0 Å². The molecule has 0 amide bonds. The zero-order valence-electron chi connectivity index (χ0n) is 10.6. The first-order valence-electron chi connectivity index (χ1n) is 6.13. The smallest absolute Gasteiger partial charge is 0.308 e. The third kappa shape index (κ3) is 4.40. The zero-order chi connectivity index (χ0) is 13.6. The molecule has 0 aromatic carbocycles. The van der Waals surface area contributed by atoms with Crippen LogP contribution in [0.1, 0.15) is 25.7 Å². The molecule has 0 unspecified atom stereocenters. The molecule has 0 aromatic rings. The van der Waals surface area contributed by atoms with Crippen LogP contribution < -0.4 is 0 Å². The third-order valence-corrected chi connectivity index (χ3v) is 5.39. The molecular weight excluding hydrogens is 278 g/mol. The highest BCUT2D eigenvalue weighted by Crippen LogP contribution is 2.21. The minimum atomic E-state index is -3.19. The summed E-state index contributed by atoms with van der Waals surface area (Å²) in [7, 11) is -1.83. The lowest BCUT2D eigenvalue weighted by molar-refractivity contribution is -0.146. The summed E-state index contributed by atoms with van der Waals surface area (Å²) in [6, 6.07) is 0. The fourth-order valence-corrected chi connectivity index (χ4v) is 3.83. The van der Waals surface area contributed by atoms with Crippen molar-refractivity contribution < 1.29 is 17.9 Å². The van der Waals surface area contributed by atoms with Gasteiger partial charge in [-0.05, 0) is 25.7 Å². The van der Waals surface area contributed by atoms with E-state index in [1.54, 1.807) is 0 Å². The normalized spacial score (nSPS) is 18.8. The number of rotatable bonds is 6. The molecule has 1 aliphatic heterocycles. The van der Waals surface area contributed by atoms with Gasteiger partial charge in [-0.25, -0.2) is 12.7 Å². The maximum atomic E-state index is 12.0. The summed E-state index contributed by atoms with van der Waals surface area (Å²) in [6.07, 6.45) is 2.38. The first-order chi connectivity index (χ1) is 8.51. The van der Waals surface area contributed by atoms with Crippen molar-refractivity contribution in [2.75, 3.05) is 31.8 Å². The Morgan fingerprint density at radius 1 is 1.33 bits per heavy atom. The Hall–Kier alpha value is -0.330. The van der Waals surface area contributed by atoms with E-state index in [-0.39, 0.29) is 17.6 Å². The summed E-state index contributed by atoms with van der Waals surface area (Å²) in [5.74, 6) is 0.223. The number of nitrogens with zero attached hydrogens (tertiary/aromatic N) is 1. The number of methoxy groups -OCH3 is 1. The monoisotopic (exact) mass is 297 g/mol. The molecule has 0 aromatic heterocycles. The van der Waals surface area contributed by atoms with Crippen LogP contribution >= 0.6 is 11.6 Å². The lowest BCUT2D eigenvalue weighted by atomic mass is 9.99. The van der Waals surface area contributed by atoms with Crippen LogP contribution in [-0.2, 0) is 19.6 Å². The zero-order valence-corrected chi connectivity index (χ0v) is 12.2. The Kier molecular flexibility index (Phi) is 6.38. The van der Waals surface area contributed by atoms with Gasteiger partial charge in [-0.15, -0.1) is 11.6 Å². The largest absolute Gasteiger partial charge is 0.469 e. The molecule has 106 valence electrons. The van der Waals surface area contributed by atoms with Crippen molar-refractivity contribution in [2.24, 2.45) is 5.92 Å². The first-order valence-corrected chi connectivity index (χ1v) is 8.27. The van der Waals surface area contributed by atoms with Crippen LogP contribution in [0, 0.1) is 5.92 Å². The first kappa shape index (κ1) is 15.7. The standard InChI is InChI=1S/C11H20ClNO4S/c1-17-11(14)10-4-7-13(8-5-10)18(15,16)9-3-2-6-12/h10H,2-9H2,1H3. The van der Waals surface area contributed by atoms with Gasteiger partial charge >= 0.3 is 5.97 Å². The topological polar surface area (TPSA) is 63.7 Å². The van der Waals surface area contributed by atoms with Crippen LogP contribution in [-0.4, -0.2) is 50.5 Å². The molecule has 1 saturated heterocycles. The lowest BCUT2D eigenvalue weighted by Gasteiger charge is -2.29. The van der Waals surface area contributed by atoms with Gasteiger partial charge in [-0.1, -0.05) is 0 Å². The number of alkyl halides is 1. The van der Waals surface area contributed by atoms with Crippen molar-refractivity contribution in [1.29, 1.82) is 0 Å². The molecule has 1 fully saturated rings. The van der Waals surface area contributed by atoms with Gasteiger partial charge in [0, 0.05) is 19.0 Å². The Morgan fingerprint density at radius 2 is 1.94 bits per heavy atom. The number of unbranched alkanes of at least 4 members (excludes halogenated alkanes) is 1. The minimum Gasteiger partial charge on any atom is -0.469 e. The van der Waals surface area contributed by atoms with Crippen molar-refractivity contribution >= 4 is 27.6 Å². The Morgan fingerprint density at radius 3 is 2.44 bits per heavy atom. The van der Waals surface area contributed by atoms with Crippen molar-refractivity contribution in [2.45, 2.75) is 25.7 Å². The van der Waals surface area contributed by atoms with E-state index >= 15 is 0 Å². The molecule has 0 spiro atoms. The Labute approximate surface area is 113 Å². The number of carbonyl (C=O) groups is 1. The predicted molar refractivity (Wildman–Crippen MR) is 70.1 cm³/mol. The molecule has 7 heteroatoms. The molecule has 0 N–H and O–H groups in total. The highest BCUT2D eigenvalue weighted by Gasteiger charge is 2.31. The molecule has 1 rings (SSSR count). The summed E-state index contributed by atoms with van der Waals surface area (Å²) in [5.41, 5.74) is 0. The maximum absolute atomic E-state index is 12.0. The second-order valence-electron chi connectivity index (χ2n) is 4.41. The summed E-state index contributed by atoms with van der Waals surface area (Å²) < 4.78 is 30.1. The number of esters is 1. The van der Waals surface area contributed by atoms with E-state index in [4.69, 9.17) is 11.6 Å². The highest BCUT2D eigenvalue weighted by atomic mass is 35.5. The van der Waals surface area contributed by atoms with Gasteiger partial charge in [0.2, 0.25) is 10.0 Å². The van der Waals surface area contributed by atoms with Gasteiger partial charge in [-0.2, -0.15) is 0 Å². The Bertz CT molecular complexity index is 363. The van der Waals surface area contributed by atoms with E-state index in [0.29, 0.717) is 44.7 Å². The predicted octanol–water partition coefficient (Wildman–Crippen LogP) is 1.22. The number of hydrogen-bond donors (Lipinski definition) is 0. The van der Waals surface area contributed by atoms with Crippen molar-refractivity contribution in [3.63, 3.8) is 0 Å². The number of piperidine rings is 1. The van der Waals surface area contributed by atoms with Crippen molar-refractivity contribution in [3.8, 4) is 0 Å². The molecule has 0 atom stereocenters. The molecule has 18 heavy (non-hydrogen) atoms. The van der Waals surface area contributed by atoms with E-state index in [9.17, 15) is 13.2 Å². The lowest BCUT2D eigenvalue weighted by Crippen LogP contribution is -2.41. The van der Waals surface area contributed by atoms with Crippen LogP contribution in [0.15, 0.2) is 0 Å². The summed E-state index contributed by atoms with van der Waals surface area (Å²) in [4.78, 5) is 11.3. The quantitative estimate of drug-likeness (QED) is 0.420. The SMILES string of the molecule is COC(=O)C1CCN(S(=O)(=O)CCCCCl)CC1. The molecule has 5 nitrogen and oxygen atoms in total. The van der Waals surface area contributed by atoms with E-state index in [1.165, 1.54) is 11.4 Å². The van der Waals surface area contributed by atoms with Crippen LogP contribution in [0.5, 0.6) is 0 Å². The van der Waals surface area contributed by atoms with E-state index in [0.717, 1.165) is 0 Å². The molecular formula is C11H20ClNO4S. The van der Waals surface area contributed by atoms with Gasteiger partial charge < -0.3 is 4.74 Å². The fourth-order valence-electron chi connectivity index (χ4n) is 2.04. The highest BCUT2D eigenvalue weighted by molar-refractivity contribution is 7.89. The molecule has 1 aliphatic rings. The maximum Gasteiger partial charge on any atom is 0.308 e. The van der Waals surface area contributed by atoms with Crippen molar-refractivity contribution in [3.05, 3.63) is 0 Å². The van der Waals surface area contributed by atoms with Gasteiger partial charge in [0.05, 0.1) is 18.8 Å².